The maximum atomic E-state index is 12.0. The fourth-order valence-corrected chi connectivity index (χ4v) is 1.89. The smallest absolute Gasteiger partial charge is 0.341 e. The van der Waals surface area contributed by atoms with Crippen LogP contribution in [0.25, 0.3) is 0 Å². The predicted octanol–water partition coefficient (Wildman–Crippen LogP) is 0.842. The number of hydrogen-bond donors (Lipinski definition) is 1. The summed E-state index contributed by atoms with van der Waals surface area (Å²) in [5, 5.41) is 13.1. The fourth-order valence-electron chi connectivity index (χ4n) is 1.89. The number of carbonyl (C=O) groups is 1. The van der Waals surface area contributed by atoms with Crippen LogP contribution in [0.4, 0.5) is 0 Å². The molecule has 0 radical (unpaired) electrons. The average molecular weight is 276 g/mol. The maximum Gasteiger partial charge on any atom is 0.341 e. The highest BCUT2D eigenvalue weighted by Crippen LogP contribution is 2.03. The molecule has 0 atom stereocenters. The highest BCUT2D eigenvalue weighted by atomic mass is 16.4. The van der Waals surface area contributed by atoms with Gasteiger partial charge in [-0.1, -0.05) is 13.8 Å². The Labute approximate surface area is 115 Å². The SMILES string of the molecule is CC(C)Cn1ncnc1Cn1cccc(C(=O)O)c1=O. The lowest BCUT2D eigenvalue weighted by Crippen LogP contribution is -2.27. The van der Waals surface area contributed by atoms with Crippen molar-refractivity contribution in [2.75, 3.05) is 0 Å². The van der Waals surface area contributed by atoms with Crippen LogP contribution in [0.2, 0.25) is 0 Å². The summed E-state index contributed by atoms with van der Waals surface area (Å²) in [7, 11) is 0. The predicted molar refractivity (Wildman–Crippen MR) is 71.6 cm³/mol. The molecule has 20 heavy (non-hydrogen) atoms. The van der Waals surface area contributed by atoms with Gasteiger partial charge in [-0.15, -0.1) is 0 Å². The molecule has 0 aromatic carbocycles. The first-order valence-electron chi connectivity index (χ1n) is 6.28. The number of carboxylic acids is 1. The molecule has 0 spiro atoms. The van der Waals surface area contributed by atoms with Crippen molar-refractivity contribution in [2.24, 2.45) is 5.92 Å². The van der Waals surface area contributed by atoms with Gasteiger partial charge in [-0.05, 0) is 18.1 Å². The molecule has 0 saturated carbocycles. The minimum Gasteiger partial charge on any atom is -0.477 e. The Kier molecular flexibility index (Phi) is 3.97. The van der Waals surface area contributed by atoms with Crippen molar-refractivity contribution in [3.8, 4) is 0 Å². The number of hydrogen-bond acceptors (Lipinski definition) is 4. The van der Waals surface area contributed by atoms with E-state index in [4.69, 9.17) is 5.11 Å². The number of nitrogens with zero attached hydrogens (tertiary/aromatic N) is 4. The van der Waals surface area contributed by atoms with E-state index in [0.29, 0.717) is 18.3 Å². The first-order valence-corrected chi connectivity index (χ1v) is 6.28. The van der Waals surface area contributed by atoms with Crippen LogP contribution in [0.15, 0.2) is 29.5 Å². The third-order valence-corrected chi connectivity index (χ3v) is 2.80. The number of aromatic carboxylic acids is 1. The first kappa shape index (κ1) is 14.0. The van der Waals surface area contributed by atoms with Gasteiger partial charge in [-0.3, -0.25) is 4.79 Å². The third kappa shape index (κ3) is 2.93. The lowest BCUT2D eigenvalue weighted by Gasteiger charge is -2.10. The normalized spacial score (nSPS) is 10.9. The van der Waals surface area contributed by atoms with Gasteiger partial charge in [0.2, 0.25) is 0 Å². The maximum absolute atomic E-state index is 12.0. The van der Waals surface area contributed by atoms with Gasteiger partial charge in [0.25, 0.3) is 5.56 Å². The summed E-state index contributed by atoms with van der Waals surface area (Å²) in [5.41, 5.74) is -0.790. The number of aromatic nitrogens is 4. The van der Waals surface area contributed by atoms with Crippen molar-refractivity contribution >= 4 is 5.97 Å². The Bertz CT molecular complexity index is 672. The third-order valence-electron chi connectivity index (χ3n) is 2.80. The van der Waals surface area contributed by atoms with E-state index < -0.39 is 11.5 Å². The van der Waals surface area contributed by atoms with Gasteiger partial charge >= 0.3 is 5.97 Å². The van der Waals surface area contributed by atoms with E-state index in [9.17, 15) is 9.59 Å². The van der Waals surface area contributed by atoms with Crippen LogP contribution in [0.3, 0.4) is 0 Å². The van der Waals surface area contributed by atoms with Gasteiger partial charge in [0.05, 0.1) is 6.54 Å². The topological polar surface area (TPSA) is 90.0 Å². The minimum absolute atomic E-state index is 0.201. The quantitative estimate of drug-likeness (QED) is 0.874. The van der Waals surface area contributed by atoms with Crippen LogP contribution in [-0.4, -0.2) is 30.4 Å². The van der Waals surface area contributed by atoms with Crippen molar-refractivity contribution in [1.29, 1.82) is 0 Å². The molecule has 0 bridgehead atoms. The molecule has 0 fully saturated rings. The molecule has 2 aromatic heterocycles. The molecule has 2 heterocycles. The average Bonchev–Trinajstić information content (AvgIpc) is 2.78. The molecule has 106 valence electrons. The molecular formula is C13H16N4O3. The van der Waals surface area contributed by atoms with Gasteiger partial charge in [0.1, 0.15) is 17.7 Å². The summed E-state index contributed by atoms with van der Waals surface area (Å²) >= 11 is 0. The van der Waals surface area contributed by atoms with Crippen molar-refractivity contribution in [1.82, 2.24) is 19.3 Å². The Hall–Kier alpha value is -2.44. The van der Waals surface area contributed by atoms with E-state index in [0.717, 1.165) is 0 Å². The standard InChI is InChI=1S/C13H16N4O3/c1-9(2)6-17-11(14-8-15-17)7-16-5-3-4-10(12(16)18)13(19)20/h3-5,8-9H,6-7H2,1-2H3,(H,19,20). The largest absolute Gasteiger partial charge is 0.477 e. The summed E-state index contributed by atoms with van der Waals surface area (Å²) in [6.07, 6.45) is 2.98. The van der Waals surface area contributed by atoms with Gasteiger partial charge in [0, 0.05) is 12.7 Å². The Morgan fingerprint density at radius 2 is 2.20 bits per heavy atom. The molecule has 1 N–H and O–H groups in total. The van der Waals surface area contributed by atoms with Crippen molar-refractivity contribution in [3.63, 3.8) is 0 Å². The second-order valence-electron chi connectivity index (χ2n) is 4.91. The zero-order valence-electron chi connectivity index (χ0n) is 11.4. The molecule has 0 aliphatic rings. The molecule has 0 saturated heterocycles. The van der Waals surface area contributed by atoms with Crippen LogP contribution in [0.5, 0.6) is 0 Å². The molecule has 0 aliphatic heterocycles. The second kappa shape index (κ2) is 5.68. The summed E-state index contributed by atoms with van der Waals surface area (Å²) < 4.78 is 3.05. The highest BCUT2D eigenvalue weighted by Gasteiger charge is 2.12. The first-order chi connectivity index (χ1) is 9.49. The van der Waals surface area contributed by atoms with Gasteiger partial charge < -0.3 is 9.67 Å². The summed E-state index contributed by atoms with van der Waals surface area (Å²) in [4.78, 5) is 27.1. The summed E-state index contributed by atoms with van der Waals surface area (Å²) in [6.45, 7) is 5.01. The summed E-state index contributed by atoms with van der Waals surface area (Å²) in [5.74, 6) is -0.200. The van der Waals surface area contributed by atoms with E-state index in [1.54, 1.807) is 10.9 Å². The minimum atomic E-state index is -1.23. The zero-order valence-corrected chi connectivity index (χ0v) is 11.4. The number of carboxylic acid groups (broad SMARTS) is 1. The van der Waals surface area contributed by atoms with Crippen LogP contribution in [0, 0.1) is 5.92 Å². The summed E-state index contributed by atoms with van der Waals surface area (Å²) in [6, 6.07) is 2.83. The fraction of sp³-hybridized carbons (Fsp3) is 0.385. The lowest BCUT2D eigenvalue weighted by atomic mass is 10.2. The monoisotopic (exact) mass is 276 g/mol. The Balaban J connectivity index is 2.32. The number of rotatable bonds is 5. The lowest BCUT2D eigenvalue weighted by molar-refractivity contribution is 0.0694. The van der Waals surface area contributed by atoms with Crippen molar-refractivity contribution in [3.05, 3.63) is 46.4 Å². The van der Waals surface area contributed by atoms with E-state index >= 15 is 0 Å². The van der Waals surface area contributed by atoms with Crippen LogP contribution in [-0.2, 0) is 13.1 Å². The molecule has 2 aromatic rings. The van der Waals surface area contributed by atoms with Crippen LogP contribution >= 0.6 is 0 Å². The molecular weight excluding hydrogens is 260 g/mol. The van der Waals surface area contributed by atoms with E-state index in [1.165, 1.54) is 23.0 Å². The molecule has 7 nitrogen and oxygen atoms in total. The van der Waals surface area contributed by atoms with Crippen molar-refractivity contribution in [2.45, 2.75) is 26.9 Å². The van der Waals surface area contributed by atoms with Gasteiger partial charge in [-0.25, -0.2) is 14.5 Å². The number of pyridine rings is 1. The van der Waals surface area contributed by atoms with Gasteiger partial charge in [0.15, 0.2) is 0 Å². The molecule has 0 unspecified atom stereocenters. The van der Waals surface area contributed by atoms with Crippen LogP contribution in [0.1, 0.15) is 30.0 Å². The van der Waals surface area contributed by atoms with E-state index in [-0.39, 0.29) is 12.1 Å². The zero-order chi connectivity index (χ0) is 14.7. The van der Waals surface area contributed by atoms with Crippen LogP contribution < -0.4 is 5.56 Å². The van der Waals surface area contributed by atoms with Gasteiger partial charge in [-0.2, -0.15) is 5.10 Å². The Morgan fingerprint density at radius 1 is 1.45 bits per heavy atom. The molecule has 0 amide bonds. The second-order valence-corrected chi connectivity index (χ2v) is 4.91. The van der Waals surface area contributed by atoms with E-state index in [2.05, 4.69) is 23.9 Å². The van der Waals surface area contributed by atoms with Crippen molar-refractivity contribution < 1.29 is 9.90 Å². The van der Waals surface area contributed by atoms with E-state index in [1.807, 2.05) is 0 Å². The molecule has 7 heteroatoms. The molecule has 0 aliphatic carbocycles. The molecule has 2 rings (SSSR count). The Morgan fingerprint density at radius 3 is 2.85 bits per heavy atom. The highest BCUT2D eigenvalue weighted by molar-refractivity contribution is 5.86.